The summed E-state index contributed by atoms with van der Waals surface area (Å²) in [6.45, 7) is 2.18. The van der Waals surface area contributed by atoms with E-state index in [1.165, 1.54) is 0 Å². The predicted octanol–water partition coefficient (Wildman–Crippen LogP) is 0.889. The fourth-order valence-corrected chi connectivity index (χ4v) is 5.94. The summed E-state index contributed by atoms with van der Waals surface area (Å²) in [6.07, 6.45) is 3.64. The zero-order valence-corrected chi connectivity index (χ0v) is 13.6. The largest absolute Gasteiger partial charge is 0.396 e. The van der Waals surface area contributed by atoms with Gasteiger partial charge in [0.25, 0.3) is 10.0 Å². The van der Waals surface area contributed by atoms with Crippen LogP contribution < -0.4 is 4.72 Å². The van der Waals surface area contributed by atoms with Gasteiger partial charge in [-0.25, -0.2) is 18.1 Å². The summed E-state index contributed by atoms with van der Waals surface area (Å²) in [4.78, 5) is 4.05. The minimum Gasteiger partial charge on any atom is -0.396 e. The highest BCUT2D eigenvalue weighted by Gasteiger charge is 2.52. The smallest absolute Gasteiger partial charge is 0.258 e. The van der Waals surface area contributed by atoms with Gasteiger partial charge in [-0.05, 0) is 42.7 Å². The van der Waals surface area contributed by atoms with Gasteiger partial charge in [0.15, 0.2) is 10.7 Å². The van der Waals surface area contributed by atoms with Crippen molar-refractivity contribution < 1.29 is 13.5 Å². The van der Waals surface area contributed by atoms with Crippen LogP contribution in [0.1, 0.15) is 19.8 Å². The van der Waals surface area contributed by atoms with E-state index < -0.39 is 10.0 Å². The third-order valence-electron chi connectivity index (χ3n) is 5.57. The Labute approximate surface area is 134 Å². The normalized spacial score (nSPS) is 33.6. The maximum atomic E-state index is 12.8. The lowest BCUT2D eigenvalue weighted by molar-refractivity contribution is 0.133. The van der Waals surface area contributed by atoms with Crippen LogP contribution in [0.15, 0.2) is 23.4 Å². The molecule has 2 aliphatic carbocycles. The number of H-pyrrole nitrogens is 1. The molecule has 5 unspecified atom stereocenters. The van der Waals surface area contributed by atoms with E-state index in [2.05, 4.69) is 26.8 Å². The topological polar surface area (TPSA) is 108 Å². The van der Waals surface area contributed by atoms with Crippen LogP contribution in [0, 0.1) is 23.7 Å². The van der Waals surface area contributed by atoms with Crippen LogP contribution in [0.2, 0.25) is 0 Å². The molecule has 0 radical (unpaired) electrons. The van der Waals surface area contributed by atoms with Crippen molar-refractivity contribution in [3.8, 4) is 0 Å². The van der Waals surface area contributed by atoms with E-state index in [0.29, 0.717) is 28.8 Å². The van der Waals surface area contributed by atoms with E-state index in [9.17, 15) is 13.5 Å². The molecule has 124 valence electrons. The van der Waals surface area contributed by atoms with Crippen LogP contribution >= 0.6 is 0 Å². The summed E-state index contributed by atoms with van der Waals surface area (Å²) in [5.41, 5.74) is 0.382. The molecule has 0 spiro atoms. The molecule has 0 saturated heterocycles. The first-order valence-corrected chi connectivity index (χ1v) is 9.42. The van der Waals surface area contributed by atoms with Crippen molar-refractivity contribution in [1.82, 2.24) is 19.9 Å². The van der Waals surface area contributed by atoms with Crippen molar-refractivity contribution in [2.24, 2.45) is 23.7 Å². The Bertz CT molecular complexity index is 832. The molecule has 4 rings (SSSR count). The molecule has 0 aromatic carbocycles. The molecule has 2 fully saturated rings. The number of fused-ring (bicyclic) bond motifs is 3. The molecule has 2 saturated carbocycles. The van der Waals surface area contributed by atoms with Crippen molar-refractivity contribution in [3.63, 3.8) is 0 Å². The van der Waals surface area contributed by atoms with Crippen LogP contribution in [-0.2, 0) is 10.0 Å². The number of nitrogens with zero attached hydrogens (tertiary/aromatic N) is 2. The number of sulfonamides is 1. The molecule has 7 nitrogen and oxygen atoms in total. The maximum Gasteiger partial charge on any atom is 0.258 e. The first kappa shape index (κ1) is 15.0. The van der Waals surface area contributed by atoms with Crippen molar-refractivity contribution in [2.45, 2.75) is 30.8 Å². The number of aromatic nitrogens is 3. The second-order valence-electron chi connectivity index (χ2n) is 6.79. The number of aromatic amines is 1. The fraction of sp³-hybridized carbons (Fsp3) is 0.600. The lowest BCUT2D eigenvalue weighted by atomic mass is 9.80. The van der Waals surface area contributed by atoms with Crippen LogP contribution in [-0.4, -0.2) is 41.4 Å². The molecular weight excluding hydrogens is 316 g/mol. The lowest BCUT2D eigenvalue weighted by Gasteiger charge is -2.33. The molecule has 0 amide bonds. The highest BCUT2D eigenvalue weighted by atomic mass is 32.2. The number of nitrogens with one attached hydrogen (secondary N) is 2. The number of hydrogen-bond acceptors (Lipinski definition) is 5. The van der Waals surface area contributed by atoms with E-state index in [4.69, 9.17) is 0 Å². The summed E-state index contributed by atoms with van der Waals surface area (Å²) in [6, 6.07) is 3.16. The zero-order valence-electron chi connectivity index (χ0n) is 12.8. The van der Waals surface area contributed by atoms with Gasteiger partial charge in [0, 0.05) is 24.8 Å². The standard InChI is InChI=1S/C15H20N4O3S/c1-8-5-9-6-11(8)13(12(9)7-20)19-23(21,22)15-10-3-2-4-16-14(10)17-18-15/h2-4,8-9,11-13,19-20H,5-7H2,1H3,(H,16,17,18). The summed E-state index contributed by atoms with van der Waals surface area (Å²) in [7, 11) is -3.74. The average molecular weight is 336 g/mol. The number of aliphatic hydroxyl groups excluding tert-OH is 1. The summed E-state index contributed by atoms with van der Waals surface area (Å²) in [5, 5.41) is 16.8. The van der Waals surface area contributed by atoms with E-state index in [0.717, 1.165) is 12.8 Å². The molecular formula is C15H20N4O3S. The summed E-state index contributed by atoms with van der Waals surface area (Å²) < 4.78 is 28.5. The van der Waals surface area contributed by atoms with E-state index in [-0.39, 0.29) is 23.6 Å². The third kappa shape index (κ3) is 2.28. The van der Waals surface area contributed by atoms with Gasteiger partial charge in [-0.15, -0.1) is 0 Å². The number of pyridine rings is 1. The van der Waals surface area contributed by atoms with Crippen LogP contribution in [0.5, 0.6) is 0 Å². The highest BCUT2D eigenvalue weighted by molar-refractivity contribution is 7.89. The van der Waals surface area contributed by atoms with Gasteiger partial charge in [0.2, 0.25) is 0 Å². The minimum absolute atomic E-state index is 0.00159. The molecule has 2 aliphatic rings. The highest BCUT2D eigenvalue weighted by Crippen LogP contribution is 2.51. The van der Waals surface area contributed by atoms with Gasteiger partial charge < -0.3 is 5.11 Å². The van der Waals surface area contributed by atoms with Crippen molar-refractivity contribution in [2.75, 3.05) is 6.61 Å². The Balaban J connectivity index is 1.67. The minimum atomic E-state index is -3.74. The molecule has 2 aromatic heterocycles. The quantitative estimate of drug-likeness (QED) is 0.768. The van der Waals surface area contributed by atoms with Gasteiger partial charge in [-0.2, -0.15) is 5.10 Å². The van der Waals surface area contributed by atoms with Crippen molar-refractivity contribution in [1.29, 1.82) is 0 Å². The predicted molar refractivity (Wildman–Crippen MR) is 84.0 cm³/mol. The fourth-order valence-electron chi connectivity index (χ4n) is 4.50. The first-order chi connectivity index (χ1) is 11.0. The first-order valence-electron chi connectivity index (χ1n) is 7.93. The van der Waals surface area contributed by atoms with Gasteiger partial charge in [-0.1, -0.05) is 6.92 Å². The number of rotatable bonds is 4. The molecule has 2 aromatic rings. The lowest BCUT2D eigenvalue weighted by Crippen LogP contribution is -2.47. The maximum absolute atomic E-state index is 12.8. The second kappa shape index (κ2) is 5.25. The molecule has 8 heteroatoms. The van der Waals surface area contributed by atoms with Gasteiger partial charge >= 0.3 is 0 Å². The van der Waals surface area contributed by atoms with Gasteiger partial charge in [-0.3, -0.25) is 5.10 Å². The van der Waals surface area contributed by atoms with Gasteiger partial charge in [0.1, 0.15) is 0 Å². The Morgan fingerprint density at radius 1 is 1.43 bits per heavy atom. The Hall–Kier alpha value is -1.51. The Morgan fingerprint density at radius 3 is 3.04 bits per heavy atom. The molecule has 0 aliphatic heterocycles. The van der Waals surface area contributed by atoms with E-state index >= 15 is 0 Å². The van der Waals surface area contributed by atoms with Gasteiger partial charge in [0.05, 0.1) is 5.39 Å². The average Bonchev–Trinajstić information content (AvgIpc) is 3.18. The van der Waals surface area contributed by atoms with Crippen molar-refractivity contribution >= 4 is 21.1 Å². The van der Waals surface area contributed by atoms with E-state index in [1.807, 2.05) is 0 Å². The summed E-state index contributed by atoms with van der Waals surface area (Å²) in [5.74, 6) is 1.18. The number of aliphatic hydroxyl groups is 1. The molecule has 3 N–H and O–H groups in total. The third-order valence-corrected chi connectivity index (χ3v) is 7.00. The molecule has 2 heterocycles. The molecule has 23 heavy (non-hydrogen) atoms. The zero-order chi connectivity index (χ0) is 16.2. The van der Waals surface area contributed by atoms with Crippen LogP contribution in [0.4, 0.5) is 0 Å². The number of hydrogen-bond donors (Lipinski definition) is 3. The van der Waals surface area contributed by atoms with Crippen LogP contribution in [0.25, 0.3) is 11.0 Å². The SMILES string of the molecule is CC1CC2CC1C(NS(=O)(=O)c1[nH]nc3ncccc13)C2CO. The Morgan fingerprint density at radius 2 is 2.26 bits per heavy atom. The van der Waals surface area contributed by atoms with Crippen LogP contribution in [0.3, 0.4) is 0 Å². The van der Waals surface area contributed by atoms with Crippen molar-refractivity contribution in [3.05, 3.63) is 18.3 Å². The summed E-state index contributed by atoms with van der Waals surface area (Å²) >= 11 is 0. The Kier molecular flexibility index (Phi) is 3.44. The second-order valence-corrected chi connectivity index (χ2v) is 8.44. The monoisotopic (exact) mass is 336 g/mol. The molecule has 5 atom stereocenters. The van der Waals surface area contributed by atoms with E-state index in [1.54, 1.807) is 18.3 Å². The molecule has 2 bridgehead atoms.